The fraction of sp³-hybridized carbons (Fsp3) is 0.167. The Morgan fingerprint density at radius 2 is 1.81 bits per heavy atom. The van der Waals surface area contributed by atoms with Crippen molar-refractivity contribution in [1.82, 2.24) is 19.7 Å². The van der Waals surface area contributed by atoms with E-state index in [0.717, 1.165) is 17.3 Å². The second-order valence-electron chi connectivity index (χ2n) is 7.97. The zero-order valence-corrected chi connectivity index (χ0v) is 19.5. The molecule has 0 saturated heterocycles. The van der Waals surface area contributed by atoms with E-state index in [1.165, 1.54) is 6.33 Å². The summed E-state index contributed by atoms with van der Waals surface area (Å²) in [5.74, 6) is 0.281. The monoisotopic (exact) mass is 497 g/mol. The molecule has 0 aliphatic rings. The summed E-state index contributed by atoms with van der Waals surface area (Å²) in [4.78, 5) is 21.0. The maximum absolute atomic E-state index is 13.1. The summed E-state index contributed by atoms with van der Waals surface area (Å²) >= 11 is 0. The van der Waals surface area contributed by atoms with Crippen molar-refractivity contribution in [1.29, 1.82) is 0 Å². The SMILES string of the molecule is CNc1cc(-n2nc(C)cc2Nc2cc(NC(=O)c3cc(O)cc(C(F)(F)F)c3)ccc2C)ncn1. The lowest BCUT2D eigenvalue weighted by Crippen LogP contribution is -2.14. The molecule has 4 aromatic rings. The molecule has 0 bridgehead atoms. The second-order valence-corrected chi connectivity index (χ2v) is 7.97. The quantitative estimate of drug-likeness (QED) is 0.295. The molecule has 4 rings (SSSR count). The highest BCUT2D eigenvalue weighted by atomic mass is 19.4. The topological polar surface area (TPSA) is 117 Å². The van der Waals surface area contributed by atoms with E-state index in [-0.39, 0.29) is 5.56 Å². The van der Waals surface area contributed by atoms with Gasteiger partial charge in [0, 0.05) is 36.1 Å². The molecule has 0 aliphatic heterocycles. The van der Waals surface area contributed by atoms with Gasteiger partial charge < -0.3 is 21.1 Å². The molecular weight excluding hydrogens is 475 g/mol. The van der Waals surface area contributed by atoms with Crippen molar-refractivity contribution in [2.24, 2.45) is 0 Å². The van der Waals surface area contributed by atoms with Gasteiger partial charge in [-0.05, 0) is 49.7 Å². The number of aromatic nitrogens is 4. The Labute approximate surface area is 204 Å². The number of phenolic OH excluding ortho intramolecular Hbond substituents is 1. The van der Waals surface area contributed by atoms with E-state index in [9.17, 15) is 23.1 Å². The van der Waals surface area contributed by atoms with Gasteiger partial charge in [-0.15, -0.1) is 0 Å². The van der Waals surface area contributed by atoms with Gasteiger partial charge in [-0.25, -0.2) is 9.97 Å². The van der Waals surface area contributed by atoms with Crippen LogP contribution in [0.2, 0.25) is 0 Å². The number of hydrogen-bond donors (Lipinski definition) is 4. The van der Waals surface area contributed by atoms with E-state index in [1.54, 1.807) is 36.0 Å². The lowest BCUT2D eigenvalue weighted by molar-refractivity contribution is -0.137. The maximum Gasteiger partial charge on any atom is 0.416 e. The number of benzene rings is 2. The molecule has 1 amide bonds. The summed E-state index contributed by atoms with van der Waals surface area (Å²) < 4.78 is 40.8. The lowest BCUT2D eigenvalue weighted by atomic mass is 10.1. The lowest BCUT2D eigenvalue weighted by Gasteiger charge is -2.14. The number of nitrogens with zero attached hydrogens (tertiary/aromatic N) is 4. The fourth-order valence-electron chi connectivity index (χ4n) is 3.44. The Hall–Kier alpha value is -4.61. The van der Waals surface area contributed by atoms with Crippen LogP contribution in [0, 0.1) is 13.8 Å². The van der Waals surface area contributed by atoms with Crippen LogP contribution in [0.5, 0.6) is 5.75 Å². The highest BCUT2D eigenvalue weighted by Crippen LogP contribution is 2.33. The number of aromatic hydroxyl groups is 1. The van der Waals surface area contributed by atoms with Gasteiger partial charge in [0.1, 0.15) is 23.7 Å². The summed E-state index contributed by atoms with van der Waals surface area (Å²) in [6.45, 7) is 3.69. The fourth-order valence-corrected chi connectivity index (χ4v) is 3.44. The van der Waals surface area contributed by atoms with Crippen molar-refractivity contribution < 1.29 is 23.1 Å². The summed E-state index contributed by atoms with van der Waals surface area (Å²) in [6, 6.07) is 10.8. The van der Waals surface area contributed by atoms with Gasteiger partial charge in [-0.2, -0.15) is 23.0 Å². The normalized spacial score (nSPS) is 11.3. The van der Waals surface area contributed by atoms with Crippen LogP contribution in [0.3, 0.4) is 0 Å². The minimum Gasteiger partial charge on any atom is -0.508 e. The van der Waals surface area contributed by atoms with Crippen molar-refractivity contribution in [3.05, 3.63) is 77.2 Å². The molecule has 0 spiro atoms. The molecule has 0 aliphatic carbocycles. The molecule has 0 radical (unpaired) electrons. The molecule has 0 unspecified atom stereocenters. The van der Waals surface area contributed by atoms with Crippen molar-refractivity contribution >= 4 is 28.9 Å². The van der Waals surface area contributed by atoms with Gasteiger partial charge in [0.2, 0.25) is 0 Å². The summed E-state index contributed by atoms with van der Waals surface area (Å²) in [5.41, 5.74) is 1.10. The highest BCUT2D eigenvalue weighted by Gasteiger charge is 2.32. The third-order valence-corrected chi connectivity index (χ3v) is 5.22. The summed E-state index contributed by atoms with van der Waals surface area (Å²) in [5, 5.41) is 22.9. The van der Waals surface area contributed by atoms with Gasteiger partial charge in [-0.1, -0.05) is 6.07 Å². The van der Waals surface area contributed by atoms with E-state index in [2.05, 4.69) is 31.0 Å². The number of carbonyl (C=O) groups excluding carboxylic acids is 1. The number of nitrogens with one attached hydrogen (secondary N) is 3. The van der Waals surface area contributed by atoms with E-state index >= 15 is 0 Å². The van der Waals surface area contributed by atoms with Gasteiger partial charge in [0.05, 0.1) is 11.3 Å². The summed E-state index contributed by atoms with van der Waals surface area (Å²) in [7, 11) is 1.74. The van der Waals surface area contributed by atoms with Crippen LogP contribution in [0.15, 0.2) is 54.9 Å². The van der Waals surface area contributed by atoms with Crippen LogP contribution in [0.4, 0.5) is 36.2 Å². The first-order valence-electron chi connectivity index (χ1n) is 10.7. The Balaban J connectivity index is 1.61. The van der Waals surface area contributed by atoms with Crippen molar-refractivity contribution in [3.63, 3.8) is 0 Å². The number of anilines is 4. The second kappa shape index (κ2) is 9.56. The maximum atomic E-state index is 13.1. The third-order valence-electron chi connectivity index (χ3n) is 5.22. The molecule has 2 aromatic carbocycles. The van der Waals surface area contributed by atoms with Gasteiger partial charge >= 0.3 is 6.18 Å². The Morgan fingerprint density at radius 1 is 1.03 bits per heavy atom. The number of amides is 1. The van der Waals surface area contributed by atoms with Crippen LogP contribution >= 0.6 is 0 Å². The predicted molar refractivity (Wildman–Crippen MR) is 129 cm³/mol. The largest absolute Gasteiger partial charge is 0.508 e. The molecule has 0 saturated carbocycles. The van der Waals surface area contributed by atoms with Crippen LogP contribution in [0.25, 0.3) is 5.82 Å². The van der Waals surface area contributed by atoms with E-state index < -0.39 is 23.4 Å². The molecular formula is C24H22F3N7O2. The zero-order chi connectivity index (χ0) is 26.0. The average Bonchev–Trinajstić information content (AvgIpc) is 3.20. The van der Waals surface area contributed by atoms with Gasteiger partial charge in [-0.3, -0.25) is 4.79 Å². The molecule has 4 N–H and O–H groups in total. The number of alkyl halides is 3. The molecule has 0 atom stereocenters. The van der Waals surface area contributed by atoms with Crippen LogP contribution in [-0.2, 0) is 6.18 Å². The standard InChI is InChI=1S/C24H22F3N7O2/c1-13-4-5-17(31-23(36)15-7-16(24(25,26)27)9-18(35)8-15)10-19(13)32-22-6-14(2)33-34(22)21-11-20(28-3)29-12-30-21/h4-12,32,35H,1-3H3,(H,31,36)(H,28,29,30). The van der Waals surface area contributed by atoms with Gasteiger partial charge in [0.15, 0.2) is 5.82 Å². The minimum absolute atomic E-state index is 0.324. The number of carbonyl (C=O) groups is 1. The van der Waals surface area contributed by atoms with Crippen LogP contribution in [0.1, 0.15) is 27.2 Å². The van der Waals surface area contributed by atoms with Crippen molar-refractivity contribution in [2.45, 2.75) is 20.0 Å². The first-order valence-corrected chi connectivity index (χ1v) is 10.7. The molecule has 186 valence electrons. The van der Waals surface area contributed by atoms with Crippen LogP contribution in [-0.4, -0.2) is 37.8 Å². The van der Waals surface area contributed by atoms with Crippen molar-refractivity contribution in [2.75, 3.05) is 23.0 Å². The van der Waals surface area contributed by atoms with E-state index in [1.807, 2.05) is 19.9 Å². The number of rotatable bonds is 6. The van der Waals surface area contributed by atoms with Crippen LogP contribution < -0.4 is 16.0 Å². The van der Waals surface area contributed by atoms with E-state index in [4.69, 9.17) is 0 Å². The zero-order valence-electron chi connectivity index (χ0n) is 19.5. The number of phenols is 1. The predicted octanol–water partition coefficient (Wildman–Crippen LogP) is 5.04. The smallest absolute Gasteiger partial charge is 0.416 e. The van der Waals surface area contributed by atoms with Crippen molar-refractivity contribution in [3.8, 4) is 11.6 Å². The number of hydrogen-bond acceptors (Lipinski definition) is 7. The minimum atomic E-state index is -4.70. The highest BCUT2D eigenvalue weighted by molar-refractivity contribution is 6.05. The Kier molecular flexibility index (Phi) is 6.51. The first-order chi connectivity index (χ1) is 17.0. The molecule has 12 heteroatoms. The molecule has 0 fully saturated rings. The number of aryl methyl sites for hydroxylation is 2. The summed E-state index contributed by atoms with van der Waals surface area (Å²) in [6.07, 6.45) is -3.29. The molecule has 2 aromatic heterocycles. The molecule has 36 heavy (non-hydrogen) atoms. The third kappa shape index (κ3) is 5.37. The van der Waals surface area contributed by atoms with Gasteiger partial charge in [0.25, 0.3) is 5.91 Å². The Morgan fingerprint density at radius 3 is 2.53 bits per heavy atom. The number of halogens is 3. The average molecular weight is 497 g/mol. The Bertz CT molecular complexity index is 1430. The first kappa shape index (κ1) is 24.5. The van der Waals surface area contributed by atoms with E-state index in [0.29, 0.717) is 41.0 Å². The molecule has 2 heterocycles. The molecule has 9 nitrogen and oxygen atoms in total.